The van der Waals surface area contributed by atoms with Crippen LogP contribution in [-0.2, 0) is 28.8 Å². The minimum Gasteiger partial charge on any atom is -0.376 e. The lowest BCUT2D eigenvalue weighted by Gasteiger charge is -2.38. The van der Waals surface area contributed by atoms with E-state index < -0.39 is 0 Å². The largest absolute Gasteiger partial charge is 0.376 e. The predicted molar refractivity (Wildman–Crippen MR) is 132 cm³/mol. The van der Waals surface area contributed by atoms with Crippen LogP contribution in [0.1, 0.15) is 48.8 Å². The molecule has 0 bridgehead atoms. The van der Waals surface area contributed by atoms with Crippen molar-refractivity contribution in [2.24, 2.45) is 5.92 Å². The summed E-state index contributed by atoms with van der Waals surface area (Å²) in [5.41, 5.74) is 4.32. The zero-order valence-corrected chi connectivity index (χ0v) is 19.8. The third kappa shape index (κ3) is 5.85. The molecule has 2 heterocycles. The van der Waals surface area contributed by atoms with Gasteiger partial charge in [0.15, 0.2) is 0 Å². The Morgan fingerprint density at radius 2 is 1.61 bits per heavy atom. The highest BCUT2D eigenvalue weighted by Crippen LogP contribution is 2.29. The van der Waals surface area contributed by atoms with Crippen LogP contribution >= 0.6 is 0 Å². The zero-order chi connectivity index (χ0) is 22.5. The van der Waals surface area contributed by atoms with Gasteiger partial charge in [0.1, 0.15) is 0 Å². The number of amides is 1. The molecule has 2 fully saturated rings. The lowest BCUT2D eigenvalue weighted by molar-refractivity contribution is -0.133. The molecule has 0 radical (unpaired) electrons. The molecule has 0 saturated carbocycles. The molecule has 0 spiro atoms. The highest BCUT2D eigenvalue weighted by molar-refractivity contribution is 5.76. The normalized spacial score (nSPS) is 21.9. The van der Waals surface area contributed by atoms with Crippen molar-refractivity contribution in [2.75, 3.05) is 32.8 Å². The van der Waals surface area contributed by atoms with E-state index in [4.69, 9.17) is 4.74 Å². The third-order valence-electron chi connectivity index (χ3n) is 7.94. The average molecular weight is 447 g/mol. The first-order valence-electron chi connectivity index (χ1n) is 13.0. The van der Waals surface area contributed by atoms with E-state index >= 15 is 0 Å². The van der Waals surface area contributed by atoms with Crippen molar-refractivity contribution >= 4 is 5.91 Å². The Labute approximate surface area is 198 Å². The van der Waals surface area contributed by atoms with E-state index in [1.54, 1.807) is 0 Å². The maximum Gasteiger partial charge on any atom is 0.222 e. The summed E-state index contributed by atoms with van der Waals surface area (Å²) in [6.07, 6.45) is 8.64. The van der Waals surface area contributed by atoms with Crippen LogP contribution in [0.5, 0.6) is 0 Å². The molecule has 2 saturated heterocycles. The Balaban J connectivity index is 1.14. The summed E-state index contributed by atoms with van der Waals surface area (Å²) in [5.74, 6) is 0.898. The molecular weight excluding hydrogens is 408 g/mol. The summed E-state index contributed by atoms with van der Waals surface area (Å²) in [4.78, 5) is 18.1. The van der Waals surface area contributed by atoms with Crippen LogP contribution in [0.4, 0.5) is 0 Å². The Hall–Kier alpha value is -2.17. The fourth-order valence-electron chi connectivity index (χ4n) is 5.97. The lowest BCUT2D eigenvalue weighted by Crippen LogP contribution is -2.46. The second-order valence-corrected chi connectivity index (χ2v) is 10.2. The van der Waals surface area contributed by atoms with E-state index in [1.807, 2.05) is 6.07 Å². The molecule has 5 rings (SSSR count). The summed E-state index contributed by atoms with van der Waals surface area (Å²) in [7, 11) is 0. The number of ether oxygens (including phenoxy) is 1. The number of rotatable bonds is 8. The summed E-state index contributed by atoms with van der Waals surface area (Å²) >= 11 is 0. The van der Waals surface area contributed by atoms with E-state index in [-0.39, 0.29) is 6.10 Å². The summed E-state index contributed by atoms with van der Waals surface area (Å²) in [5, 5.41) is 0. The van der Waals surface area contributed by atoms with Crippen molar-refractivity contribution in [1.29, 1.82) is 0 Å². The minimum absolute atomic E-state index is 0.225. The first-order chi connectivity index (χ1) is 16.2. The van der Waals surface area contributed by atoms with Crippen molar-refractivity contribution in [1.82, 2.24) is 9.80 Å². The van der Waals surface area contributed by atoms with Gasteiger partial charge in [-0.15, -0.1) is 0 Å². The lowest BCUT2D eigenvalue weighted by atomic mass is 9.94. The highest BCUT2D eigenvalue weighted by atomic mass is 16.5. The SMILES string of the molecule is O=C(CCc1ccccc1)N(CC1CCN(C2Cc3ccccc3C2)CC1)CC1CCCO1. The number of nitrogens with zero attached hydrogens (tertiary/aromatic N) is 2. The first-order valence-corrected chi connectivity index (χ1v) is 13.0. The van der Waals surface area contributed by atoms with Gasteiger partial charge in [-0.05, 0) is 80.6 Å². The molecule has 1 aliphatic carbocycles. The van der Waals surface area contributed by atoms with Crippen LogP contribution in [0.25, 0.3) is 0 Å². The van der Waals surface area contributed by atoms with Crippen LogP contribution in [0.2, 0.25) is 0 Å². The average Bonchev–Trinajstić information content (AvgIpc) is 3.53. The van der Waals surface area contributed by atoms with E-state index in [1.165, 1.54) is 42.4 Å². The topological polar surface area (TPSA) is 32.8 Å². The summed E-state index contributed by atoms with van der Waals surface area (Å²) < 4.78 is 5.90. The van der Waals surface area contributed by atoms with Crippen LogP contribution < -0.4 is 0 Å². The quantitative estimate of drug-likeness (QED) is 0.598. The molecule has 33 heavy (non-hydrogen) atoms. The molecule has 1 amide bonds. The number of carbonyl (C=O) groups is 1. The van der Waals surface area contributed by atoms with Crippen molar-refractivity contribution < 1.29 is 9.53 Å². The molecular formula is C29H38N2O2. The van der Waals surface area contributed by atoms with Gasteiger partial charge in [-0.2, -0.15) is 0 Å². The molecule has 3 aliphatic rings. The minimum atomic E-state index is 0.225. The van der Waals surface area contributed by atoms with Gasteiger partial charge in [-0.3, -0.25) is 9.69 Å². The van der Waals surface area contributed by atoms with Gasteiger partial charge in [-0.1, -0.05) is 54.6 Å². The number of carbonyl (C=O) groups excluding carboxylic acids is 1. The molecule has 1 atom stereocenters. The van der Waals surface area contributed by atoms with Crippen molar-refractivity contribution in [2.45, 2.75) is 63.5 Å². The standard InChI is InChI=1S/C29H38N2O2/c32-29(13-12-23-7-2-1-3-8-23)31(22-28-11-6-18-33-28)21-24-14-16-30(17-15-24)27-19-25-9-4-5-10-26(25)20-27/h1-5,7-10,24,27-28H,6,11-22H2. The Bertz CT molecular complexity index is 876. The number of benzene rings is 2. The van der Waals surface area contributed by atoms with Gasteiger partial charge >= 0.3 is 0 Å². The smallest absolute Gasteiger partial charge is 0.222 e. The molecule has 2 aromatic rings. The number of hydrogen-bond donors (Lipinski definition) is 0. The fourth-order valence-corrected chi connectivity index (χ4v) is 5.97. The zero-order valence-electron chi connectivity index (χ0n) is 19.8. The fraction of sp³-hybridized carbons (Fsp3) is 0.552. The van der Waals surface area contributed by atoms with Gasteiger partial charge in [0.25, 0.3) is 0 Å². The van der Waals surface area contributed by atoms with E-state index in [2.05, 4.69) is 58.3 Å². The predicted octanol–water partition coefficient (Wildman–Crippen LogP) is 4.51. The molecule has 1 unspecified atom stereocenters. The number of fused-ring (bicyclic) bond motifs is 1. The molecule has 0 N–H and O–H groups in total. The first kappa shape index (κ1) is 22.6. The van der Waals surface area contributed by atoms with Crippen molar-refractivity contribution in [3.8, 4) is 0 Å². The maximum absolute atomic E-state index is 13.2. The van der Waals surface area contributed by atoms with E-state index in [0.717, 1.165) is 52.0 Å². The maximum atomic E-state index is 13.2. The molecule has 4 heteroatoms. The van der Waals surface area contributed by atoms with E-state index in [9.17, 15) is 4.79 Å². The molecule has 2 aromatic carbocycles. The number of aryl methyl sites for hydroxylation is 1. The Kier molecular flexibility index (Phi) is 7.43. The van der Waals surface area contributed by atoms with Crippen LogP contribution in [0.3, 0.4) is 0 Å². The van der Waals surface area contributed by atoms with Gasteiger partial charge < -0.3 is 9.64 Å². The number of hydrogen-bond acceptors (Lipinski definition) is 3. The Morgan fingerprint density at radius 3 is 2.27 bits per heavy atom. The highest BCUT2D eigenvalue weighted by Gasteiger charge is 2.31. The molecule has 0 aromatic heterocycles. The van der Waals surface area contributed by atoms with Gasteiger partial charge in [0.2, 0.25) is 5.91 Å². The molecule has 4 nitrogen and oxygen atoms in total. The molecule has 176 valence electrons. The van der Waals surface area contributed by atoms with Crippen LogP contribution in [0, 0.1) is 5.92 Å². The van der Waals surface area contributed by atoms with Gasteiger partial charge in [0, 0.05) is 32.2 Å². The Morgan fingerprint density at radius 1 is 0.909 bits per heavy atom. The van der Waals surface area contributed by atoms with Crippen molar-refractivity contribution in [3.05, 3.63) is 71.3 Å². The third-order valence-corrected chi connectivity index (χ3v) is 7.94. The van der Waals surface area contributed by atoms with Gasteiger partial charge in [0.05, 0.1) is 6.10 Å². The van der Waals surface area contributed by atoms with Gasteiger partial charge in [-0.25, -0.2) is 0 Å². The van der Waals surface area contributed by atoms with Crippen LogP contribution in [0.15, 0.2) is 54.6 Å². The van der Waals surface area contributed by atoms with Crippen molar-refractivity contribution in [3.63, 3.8) is 0 Å². The second kappa shape index (κ2) is 10.8. The summed E-state index contributed by atoms with van der Waals surface area (Å²) in [6, 6.07) is 20.0. The van der Waals surface area contributed by atoms with Crippen LogP contribution in [-0.4, -0.2) is 60.6 Å². The number of likely N-dealkylation sites (tertiary alicyclic amines) is 1. The monoisotopic (exact) mass is 446 g/mol. The van der Waals surface area contributed by atoms with E-state index in [0.29, 0.717) is 24.3 Å². The number of piperidine rings is 1. The molecule has 2 aliphatic heterocycles. The second-order valence-electron chi connectivity index (χ2n) is 10.2. The summed E-state index contributed by atoms with van der Waals surface area (Å²) in [6.45, 7) is 4.83.